The van der Waals surface area contributed by atoms with Gasteiger partial charge in [0.25, 0.3) is 15.6 Å². The molecule has 21 heavy (non-hydrogen) atoms. The van der Waals surface area contributed by atoms with Gasteiger partial charge in [0.2, 0.25) is 0 Å². The molecule has 0 unspecified atom stereocenters. The lowest BCUT2D eigenvalue weighted by molar-refractivity contribution is 0.0687. The molecule has 2 N–H and O–H groups in total. The van der Waals surface area contributed by atoms with Gasteiger partial charge in [-0.15, -0.1) is 11.3 Å². The SMILES string of the molecule is CCn1cc(NS(=O)(=O)c2scnc2C(=O)O)ccc1=O. The van der Waals surface area contributed by atoms with Gasteiger partial charge in [0.1, 0.15) is 0 Å². The first-order valence-electron chi connectivity index (χ1n) is 5.75. The third-order valence-corrected chi connectivity index (χ3v) is 5.31. The van der Waals surface area contributed by atoms with E-state index in [2.05, 4.69) is 9.71 Å². The van der Waals surface area contributed by atoms with Gasteiger partial charge in [0.15, 0.2) is 9.90 Å². The van der Waals surface area contributed by atoms with Crippen LogP contribution in [0.1, 0.15) is 17.4 Å². The van der Waals surface area contributed by atoms with E-state index in [-0.39, 0.29) is 15.5 Å². The second-order valence-corrected chi connectivity index (χ2v) is 6.67. The van der Waals surface area contributed by atoms with E-state index in [9.17, 15) is 18.0 Å². The van der Waals surface area contributed by atoms with Gasteiger partial charge in [-0.1, -0.05) is 0 Å². The number of pyridine rings is 1. The molecular weight excluding hydrogens is 318 g/mol. The maximum atomic E-state index is 12.2. The van der Waals surface area contributed by atoms with Crippen molar-refractivity contribution >= 4 is 33.0 Å². The Kier molecular flexibility index (Phi) is 4.09. The van der Waals surface area contributed by atoms with Gasteiger partial charge in [-0.2, -0.15) is 0 Å². The number of hydrogen-bond donors (Lipinski definition) is 2. The molecule has 0 aliphatic heterocycles. The number of carbonyl (C=O) groups is 1. The van der Waals surface area contributed by atoms with Gasteiger partial charge >= 0.3 is 5.97 Å². The molecule has 0 fully saturated rings. The van der Waals surface area contributed by atoms with Crippen molar-refractivity contribution in [3.63, 3.8) is 0 Å². The summed E-state index contributed by atoms with van der Waals surface area (Å²) in [6.07, 6.45) is 1.35. The van der Waals surface area contributed by atoms with Crippen LogP contribution in [0.2, 0.25) is 0 Å². The molecule has 2 rings (SSSR count). The first kappa shape index (κ1) is 15.2. The van der Waals surface area contributed by atoms with Crippen LogP contribution in [0.15, 0.2) is 32.8 Å². The minimum absolute atomic E-state index is 0.168. The summed E-state index contributed by atoms with van der Waals surface area (Å²) < 4.78 is 27.5. The zero-order valence-corrected chi connectivity index (χ0v) is 12.4. The zero-order valence-electron chi connectivity index (χ0n) is 10.8. The number of hydrogen-bond acceptors (Lipinski definition) is 6. The first-order valence-corrected chi connectivity index (χ1v) is 8.11. The maximum absolute atomic E-state index is 12.2. The van der Waals surface area contributed by atoms with Gasteiger partial charge in [-0.25, -0.2) is 18.2 Å². The maximum Gasteiger partial charge on any atom is 0.356 e. The molecule has 2 aromatic rings. The predicted octanol–water partition coefficient (Wildman–Crippen LogP) is 0.824. The lowest BCUT2D eigenvalue weighted by Crippen LogP contribution is -2.20. The Morgan fingerprint density at radius 3 is 2.81 bits per heavy atom. The fourth-order valence-electron chi connectivity index (χ4n) is 1.61. The molecule has 0 aliphatic carbocycles. The van der Waals surface area contributed by atoms with Crippen LogP contribution in [0.3, 0.4) is 0 Å². The average Bonchev–Trinajstić information content (AvgIpc) is 2.91. The van der Waals surface area contributed by atoms with Crippen molar-refractivity contribution in [1.82, 2.24) is 9.55 Å². The largest absolute Gasteiger partial charge is 0.476 e. The summed E-state index contributed by atoms with van der Waals surface area (Å²) in [6.45, 7) is 2.13. The lowest BCUT2D eigenvalue weighted by atomic mass is 10.4. The van der Waals surface area contributed by atoms with Crippen LogP contribution in [0, 0.1) is 0 Å². The van der Waals surface area contributed by atoms with Crippen molar-refractivity contribution < 1.29 is 18.3 Å². The third kappa shape index (κ3) is 3.11. The van der Waals surface area contributed by atoms with Crippen molar-refractivity contribution in [2.24, 2.45) is 0 Å². The fourth-order valence-corrected chi connectivity index (χ4v) is 3.79. The van der Waals surface area contributed by atoms with E-state index in [0.29, 0.717) is 17.9 Å². The molecule has 0 atom stereocenters. The first-order chi connectivity index (χ1) is 9.85. The molecule has 8 nitrogen and oxygen atoms in total. The molecule has 0 saturated heterocycles. The number of nitrogens with zero attached hydrogens (tertiary/aromatic N) is 2. The standard InChI is InChI=1S/C11H11N3O5S2/c1-2-14-5-7(3-4-8(14)15)13-21(18,19)11-9(10(16)17)12-6-20-11/h3-6,13H,2H2,1H3,(H,16,17). The van der Waals surface area contributed by atoms with Crippen LogP contribution >= 0.6 is 11.3 Å². The number of carboxylic acids is 1. The highest BCUT2D eigenvalue weighted by atomic mass is 32.2. The van der Waals surface area contributed by atoms with E-state index in [1.807, 2.05) is 0 Å². The van der Waals surface area contributed by atoms with E-state index in [4.69, 9.17) is 5.11 Å². The molecule has 0 aliphatic rings. The van der Waals surface area contributed by atoms with Gasteiger partial charge in [0.05, 0.1) is 11.2 Å². The van der Waals surface area contributed by atoms with Gasteiger partial charge < -0.3 is 9.67 Å². The molecule has 2 aromatic heterocycles. The molecule has 0 radical (unpaired) electrons. The highest BCUT2D eigenvalue weighted by Gasteiger charge is 2.25. The summed E-state index contributed by atoms with van der Waals surface area (Å²) in [5.41, 5.74) is 0.521. The third-order valence-electron chi connectivity index (χ3n) is 2.56. The number of aromatic nitrogens is 2. The summed E-state index contributed by atoms with van der Waals surface area (Å²) in [4.78, 5) is 25.9. The number of sulfonamides is 1. The Labute approximate surface area is 123 Å². The van der Waals surface area contributed by atoms with Crippen molar-refractivity contribution in [2.75, 3.05) is 4.72 Å². The molecular formula is C11H11N3O5S2. The number of thiazole rings is 1. The number of nitrogens with one attached hydrogen (secondary N) is 1. The zero-order chi connectivity index (χ0) is 15.6. The number of aromatic carboxylic acids is 1. The normalized spacial score (nSPS) is 11.3. The average molecular weight is 329 g/mol. The number of aryl methyl sites for hydroxylation is 1. The highest BCUT2D eigenvalue weighted by molar-refractivity contribution is 7.94. The van der Waals surface area contributed by atoms with E-state index in [1.54, 1.807) is 6.92 Å². The van der Waals surface area contributed by atoms with Crippen LogP contribution in [0.25, 0.3) is 0 Å². The van der Waals surface area contributed by atoms with Crippen molar-refractivity contribution in [2.45, 2.75) is 17.7 Å². The summed E-state index contributed by atoms with van der Waals surface area (Å²) in [5.74, 6) is -1.42. The van der Waals surface area contributed by atoms with Gasteiger partial charge in [0, 0.05) is 18.8 Å². The molecule has 10 heteroatoms. The van der Waals surface area contributed by atoms with Crippen LogP contribution in [0.4, 0.5) is 5.69 Å². The fraction of sp³-hybridized carbons (Fsp3) is 0.182. The van der Waals surface area contributed by atoms with E-state index in [0.717, 1.165) is 5.51 Å². The lowest BCUT2D eigenvalue weighted by Gasteiger charge is -2.09. The number of rotatable bonds is 5. The van der Waals surface area contributed by atoms with Crippen LogP contribution in [-0.2, 0) is 16.6 Å². The van der Waals surface area contributed by atoms with E-state index in [1.165, 1.54) is 22.9 Å². The van der Waals surface area contributed by atoms with Crippen LogP contribution < -0.4 is 10.3 Å². The van der Waals surface area contributed by atoms with Gasteiger partial charge in [-0.3, -0.25) is 9.52 Å². The molecule has 2 heterocycles. The Morgan fingerprint density at radius 2 is 2.19 bits per heavy atom. The summed E-state index contributed by atoms with van der Waals surface area (Å²) in [5, 5.41) is 8.91. The van der Waals surface area contributed by atoms with Crippen molar-refractivity contribution in [3.05, 3.63) is 39.9 Å². The van der Waals surface area contributed by atoms with Crippen molar-refractivity contribution in [3.8, 4) is 0 Å². The van der Waals surface area contributed by atoms with E-state index < -0.39 is 21.7 Å². The molecule has 0 spiro atoms. The molecule has 0 saturated carbocycles. The Balaban J connectivity index is 2.40. The summed E-state index contributed by atoms with van der Waals surface area (Å²) in [6, 6.07) is 2.54. The summed E-state index contributed by atoms with van der Waals surface area (Å²) in [7, 11) is -4.07. The molecule has 0 amide bonds. The van der Waals surface area contributed by atoms with Crippen LogP contribution in [0.5, 0.6) is 0 Å². The van der Waals surface area contributed by atoms with E-state index >= 15 is 0 Å². The quantitative estimate of drug-likeness (QED) is 0.838. The van der Waals surface area contributed by atoms with Crippen LogP contribution in [-0.4, -0.2) is 29.0 Å². The minimum Gasteiger partial charge on any atom is -0.476 e. The second kappa shape index (κ2) is 5.66. The second-order valence-electron chi connectivity index (χ2n) is 3.94. The topological polar surface area (TPSA) is 118 Å². The predicted molar refractivity (Wildman–Crippen MR) is 76.3 cm³/mol. The summed E-state index contributed by atoms with van der Waals surface area (Å²) >= 11 is 0.706. The van der Waals surface area contributed by atoms with Crippen molar-refractivity contribution in [1.29, 1.82) is 0 Å². The smallest absolute Gasteiger partial charge is 0.356 e. The monoisotopic (exact) mass is 329 g/mol. The van der Waals surface area contributed by atoms with Gasteiger partial charge in [-0.05, 0) is 13.0 Å². The highest BCUT2D eigenvalue weighted by Crippen LogP contribution is 2.22. The minimum atomic E-state index is -4.07. The molecule has 112 valence electrons. The Hall–Kier alpha value is -2.20. The number of carboxylic acid groups (broad SMARTS) is 1. The Morgan fingerprint density at radius 1 is 1.48 bits per heavy atom. The number of anilines is 1. The Bertz CT molecular complexity index is 838. The molecule has 0 aromatic carbocycles. The molecule has 0 bridgehead atoms.